The molecule has 1 aliphatic heterocycles. The van der Waals surface area contributed by atoms with Crippen LogP contribution in [0.15, 0.2) is 54.9 Å². The second-order valence-corrected chi connectivity index (χ2v) is 6.69. The van der Waals surface area contributed by atoms with Crippen molar-refractivity contribution in [2.75, 3.05) is 26.2 Å². The average Bonchev–Trinajstić information content (AvgIpc) is 3.06. The van der Waals surface area contributed by atoms with Crippen LogP contribution in [0.4, 0.5) is 0 Å². The Morgan fingerprint density at radius 2 is 1.80 bits per heavy atom. The van der Waals surface area contributed by atoms with Crippen LogP contribution in [0, 0.1) is 0 Å². The largest absolute Gasteiger partial charge is 0.336 e. The Bertz CT molecular complexity index is 882. The molecule has 2 aromatic heterocycles. The summed E-state index contributed by atoms with van der Waals surface area (Å²) < 4.78 is 2.12. The molecule has 0 aliphatic carbocycles. The van der Waals surface area contributed by atoms with E-state index in [1.807, 2.05) is 35.5 Å². The van der Waals surface area contributed by atoms with Crippen molar-refractivity contribution in [2.24, 2.45) is 0 Å². The van der Waals surface area contributed by atoms with E-state index < -0.39 is 0 Å². The van der Waals surface area contributed by atoms with Gasteiger partial charge in [0.05, 0.1) is 11.9 Å². The molecule has 0 unspecified atom stereocenters. The Labute approximate surface area is 151 Å². The Morgan fingerprint density at radius 1 is 1.04 bits per heavy atom. The number of rotatable bonds is 3. The van der Waals surface area contributed by atoms with Crippen LogP contribution in [0.3, 0.4) is 0 Å². The van der Waals surface area contributed by atoms with E-state index in [4.69, 9.17) is 11.6 Å². The number of nitrogens with zero attached hydrogens (tertiary/aromatic N) is 4. The standard InChI is InChI=1S/C19H19ClN4O/c20-16-6-4-15(5-7-16)19(25)23-11-9-22(10-12-23)14-17-13-21-18-3-1-2-8-24(17)18/h1-8,13H,9-12,14H2. The molecule has 0 atom stereocenters. The molecule has 0 spiro atoms. The monoisotopic (exact) mass is 354 g/mol. The predicted octanol–water partition coefficient (Wildman–Crippen LogP) is 2.95. The van der Waals surface area contributed by atoms with Gasteiger partial charge in [-0.15, -0.1) is 0 Å². The molecule has 3 heterocycles. The number of benzene rings is 1. The Balaban J connectivity index is 1.38. The number of pyridine rings is 1. The summed E-state index contributed by atoms with van der Waals surface area (Å²) in [5.74, 6) is 0.0751. The molecule has 0 bridgehead atoms. The first-order valence-corrected chi connectivity index (χ1v) is 8.77. The van der Waals surface area contributed by atoms with Crippen LogP contribution in [-0.4, -0.2) is 51.3 Å². The van der Waals surface area contributed by atoms with Crippen molar-refractivity contribution in [3.8, 4) is 0 Å². The van der Waals surface area contributed by atoms with Gasteiger partial charge in [-0.3, -0.25) is 9.69 Å². The van der Waals surface area contributed by atoms with Gasteiger partial charge in [-0.1, -0.05) is 17.7 Å². The maximum atomic E-state index is 12.6. The van der Waals surface area contributed by atoms with Crippen LogP contribution in [-0.2, 0) is 6.54 Å². The molecule has 1 aromatic carbocycles. The molecule has 4 rings (SSSR count). The second-order valence-electron chi connectivity index (χ2n) is 6.25. The number of carbonyl (C=O) groups is 1. The summed E-state index contributed by atoms with van der Waals surface area (Å²) in [5.41, 5.74) is 2.83. The van der Waals surface area contributed by atoms with E-state index in [0.717, 1.165) is 38.4 Å². The minimum atomic E-state index is 0.0751. The number of aromatic nitrogens is 2. The quantitative estimate of drug-likeness (QED) is 0.726. The van der Waals surface area contributed by atoms with E-state index in [1.54, 1.807) is 24.3 Å². The molecule has 25 heavy (non-hydrogen) atoms. The molecule has 1 saturated heterocycles. The van der Waals surface area contributed by atoms with Gasteiger partial charge in [0.2, 0.25) is 0 Å². The minimum Gasteiger partial charge on any atom is -0.336 e. The maximum absolute atomic E-state index is 12.6. The lowest BCUT2D eigenvalue weighted by molar-refractivity contribution is 0.0626. The van der Waals surface area contributed by atoms with E-state index in [0.29, 0.717) is 10.6 Å². The second kappa shape index (κ2) is 6.86. The van der Waals surface area contributed by atoms with E-state index in [9.17, 15) is 4.79 Å². The molecular formula is C19H19ClN4O. The predicted molar refractivity (Wildman–Crippen MR) is 97.8 cm³/mol. The third-order valence-corrected chi connectivity index (χ3v) is 4.88. The summed E-state index contributed by atoms with van der Waals surface area (Å²) in [7, 11) is 0. The van der Waals surface area contributed by atoms with Crippen LogP contribution in [0.5, 0.6) is 0 Å². The molecule has 0 saturated carbocycles. The number of fused-ring (bicyclic) bond motifs is 1. The van der Waals surface area contributed by atoms with Crippen LogP contribution >= 0.6 is 11.6 Å². The maximum Gasteiger partial charge on any atom is 0.253 e. The van der Waals surface area contributed by atoms with Gasteiger partial charge in [0.25, 0.3) is 5.91 Å². The molecule has 1 amide bonds. The molecule has 6 heteroatoms. The van der Waals surface area contributed by atoms with E-state index >= 15 is 0 Å². The van der Waals surface area contributed by atoms with Gasteiger partial charge in [-0.2, -0.15) is 0 Å². The number of hydrogen-bond acceptors (Lipinski definition) is 3. The summed E-state index contributed by atoms with van der Waals surface area (Å²) in [6.45, 7) is 4.03. The van der Waals surface area contributed by atoms with E-state index in [-0.39, 0.29) is 5.91 Å². The van der Waals surface area contributed by atoms with Crippen molar-refractivity contribution in [1.29, 1.82) is 0 Å². The van der Waals surface area contributed by atoms with Gasteiger partial charge < -0.3 is 9.30 Å². The number of halogens is 1. The van der Waals surface area contributed by atoms with Crippen molar-refractivity contribution < 1.29 is 4.79 Å². The van der Waals surface area contributed by atoms with Gasteiger partial charge in [0.15, 0.2) is 0 Å². The highest BCUT2D eigenvalue weighted by molar-refractivity contribution is 6.30. The smallest absolute Gasteiger partial charge is 0.253 e. The minimum absolute atomic E-state index is 0.0751. The number of hydrogen-bond donors (Lipinski definition) is 0. The zero-order chi connectivity index (χ0) is 17.2. The third-order valence-electron chi connectivity index (χ3n) is 4.63. The van der Waals surface area contributed by atoms with Crippen LogP contribution in [0.25, 0.3) is 5.65 Å². The summed E-state index contributed by atoms with van der Waals surface area (Å²) in [5, 5.41) is 0.648. The number of piperazine rings is 1. The number of amides is 1. The first-order valence-electron chi connectivity index (χ1n) is 8.39. The Kier molecular flexibility index (Phi) is 4.42. The number of imidazole rings is 1. The highest BCUT2D eigenvalue weighted by atomic mass is 35.5. The van der Waals surface area contributed by atoms with Crippen molar-refractivity contribution in [1.82, 2.24) is 19.2 Å². The fraction of sp³-hybridized carbons (Fsp3) is 0.263. The highest BCUT2D eigenvalue weighted by Crippen LogP contribution is 2.15. The molecule has 1 fully saturated rings. The van der Waals surface area contributed by atoms with Gasteiger partial charge in [0, 0.05) is 49.5 Å². The molecule has 1 aliphatic rings. The average molecular weight is 355 g/mol. The van der Waals surface area contributed by atoms with Crippen LogP contribution in [0.1, 0.15) is 16.1 Å². The molecular weight excluding hydrogens is 336 g/mol. The van der Waals surface area contributed by atoms with E-state index in [1.165, 1.54) is 5.69 Å². The molecule has 0 N–H and O–H groups in total. The van der Waals surface area contributed by atoms with Crippen LogP contribution in [0.2, 0.25) is 5.02 Å². The lowest BCUT2D eigenvalue weighted by atomic mass is 10.2. The van der Waals surface area contributed by atoms with Crippen molar-refractivity contribution in [2.45, 2.75) is 6.54 Å². The third kappa shape index (κ3) is 3.38. The van der Waals surface area contributed by atoms with Gasteiger partial charge in [-0.05, 0) is 36.4 Å². The fourth-order valence-electron chi connectivity index (χ4n) is 3.22. The van der Waals surface area contributed by atoms with Gasteiger partial charge >= 0.3 is 0 Å². The molecule has 3 aromatic rings. The van der Waals surface area contributed by atoms with Crippen LogP contribution < -0.4 is 0 Å². The highest BCUT2D eigenvalue weighted by Gasteiger charge is 2.22. The first kappa shape index (κ1) is 16.1. The van der Waals surface area contributed by atoms with Crippen molar-refractivity contribution in [3.05, 3.63) is 71.1 Å². The summed E-state index contributed by atoms with van der Waals surface area (Å²) in [4.78, 5) is 21.3. The van der Waals surface area contributed by atoms with Gasteiger partial charge in [-0.25, -0.2) is 4.98 Å². The van der Waals surface area contributed by atoms with Crippen molar-refractivity contribution in [3.63, 3.8) is 0 Å². The molecule has 128 valence electrons. The molecule has 5 nitrogen and oxygen atoms in total. The fourth-order valence-corrected chi connectivity index (χ4v) is 3.34. The SMILES string of the molecule is O=C(c1ccc(Cl)cc1)N1CCN(Cc2cnc3ccccn23)CC1. The summed E-state index contributed by atoms with van der Waals surface area (Å²) in [6, 6.07) is 13.1. The summed E-state index contributed by atoms with van der Waals surface area (Å²) >= 11 is 5.89. The first-order chi connectivity index (χ1) is 12.2. The number of carbonyl (C=O) groups excluding carboxylic acids is 1. The zero-order valence-corrected chi connectivity index (χ0v) is 14.6. The Hall–Kier alpha value is -2.37. The topological polar surface area (TPSA) is 40.9 Å². The molecule has 0 radical (unpaired) electrons. The van der Waals surface area contributed by atoms with E-state index in [2.05, 4.69) is 14.3 Å². The lowest BCUT2D eigenvalue weighted by Gasteiger charge is -2.34. The lowest BCUT2D eigenvalue weighted by Crippen LogP contribution is -2.48. The zero-order valence-electron chi connectivity index (χ0n) is 13.8. The Morgan fingerprint density at radius 3 is 2.56 bits per heavy atom. The van der Waals surface area contributed by atoms with Gasteiger partial charge in [0.1, 0.15) is 5.65 Å². The van der Waals surface area contributed by atoms with Crippen molar-refractivity contribution >= 4 is 23.2 Å². The normalized spacial score (nSPS) is 15.6. The summed E-state index contributed by atoms with van der Waals surface area (Å²) in [6.07, 6.45) is 3.97.